The number of unbranched alkanes of at least 4 members (excludes halogenated alkanes) is 10. The highest BCUT2D eigenvalue weighted by Gasteiger charge is 2.46. The quantitative estimate of drug-likeness (QED) is 0.0203. The van der Waals surface area contributed by atoms with Crippen molar-refractivity contribution in [2.45, 2.75) is 185 Å². The predicted octanol–water partition coefficient (Wildman–Crippen LogP) is 9.28. The molecular formula is C48H78O12S. The summed E-state index contributed by atoms with van der Waals surface area (Å²) in [5.74, 6) is -2.06. The Labute approximate surface area is 367 Å². The van der Waals surface area contributed by atoms with Gasteiger partial charge in [0.2, 0.25) is 0 Å². The molecule has 1 rings (SSSR count). The molecule has 1 saturated heterocycles. The Balaban J connectivity index is 2.48. The Kier molecular flexibility index (Phi) is 34.2. The van der Waals surface area contributed by atoms with Crippen molar-refractivity contribution in [1.82, 2.24) is 0 Å². The van der Waals surface area contributed by atoms with Gasteiger partial charge in [0.25, 0.3) is 10.1 Å². The number of rotatable bonds is 36. The van der Waals surface area contributed by atoms with Crippen LogP contribution in [0.3, 0.4) is 0 Å². The molecule has 0 aromatic heterocycles. The first-order valence-corrected chi connectivity index (χ1v) is 24.3. The lowest BCUT2D eigenvalue weighted by Crippen LogP contribution is -2.60. The Morgan fingerprint density at radius 3 is 1.56 bits per heavy atom. The number of allylic oxidation sites excluding steroid dienone is 14. The molecule has 0 aromatic carbocycles. The summed E-state index contributed by atoms with van der Waals surface area (Å²) in [5.41, 5.74) is 0. The minimum absolute atomic E-state index is 0.135. The summed E-state index contributed by atoms with van der Waals surface area (Å²) in [6.07, 6.45) is 39.1. The summed E-state index contributed by atoms with van der Waals surface area (Å²) >= 11 is 0. The summed E-state index contributed by atoms with van der Waals surface area (Å²) in [6.45, 7) is 3.55. The third kappa shape index (κ3) is 32.2. The number of hydrogen-bond donors (Lipinski definition) is 4. The molecule has 12 nitrogen and oxygen atoms in total. The molecular weight excluding hydrogens is 801 g/mol. The van der Waals surface area contributed by atoms with Gasteiger partial charge in [0.15, 0.2) is 12.4 Å². The average Bonchev–Trinajstić information content (AvgIpc) is 3.22. The van der Waals surface area contributed by atoms with E-state index >= 15 is 0 Å². The zero-order valence-electron chi connectivity index (χ0n) is 37.0. The van der Waals surface area contributed by atoms with Gasteiger partial charge in [0.05, 0.1) is 6.61 Å². The lowest BCUT2D eigenvalue weighted by Gasteiger charge is -2.40. The number of aliphatic hydroxyl groups excluding tert-OH is 3. The van der Waals surface area contributed by atoms with E-state index in [1.807, 2.05) is 0 Å². The van der Waals surface area contributed by atoms with Crippen molar-refractivity contribution < 1.29 is 56.8 Å². The van der Waals surface area contributed by atoms with Crippen molar-refractivity contribution >= 4 is 22.1 Å². The van der Waals surface area contributed by atoms with Crippen molar-refractivity contribution in [2.24, 2.45) is 0 Å². The molecule has 348 valence electrons. The van der Waals surface area contributed by atoms with E-state index in [4.69, 9.17) is 18.9 Å². The van der Waals surface area contributed by atoms with E-state index in [-0.39, 0.29) is 19.4 Å². The fourth-order valence-corrected chi connectivity index (χ4v) is 6.88. The van der Waals surface area contributed by atoms with Crippen molar-refractivity contribution in [2.75, 3.05) is 19.0 Å². The maximum absolute atomic E-state index is 12.8. The molecule has 13 heteroatoms. The molecule has 2 unspecified atom stereocenters. The molecule has 0 saturated carbocycles. The van der Waals surface area contributed by atoms with Crippen LogP contribution < -0.4 is 0 Å². The van der Waals surface area contributed by atoms with Crippen molar-refractivity contribution in [3.63, 3.8) is 0 Å². The van der Waals surface area contributed by atoms with Gasteiger partial charge < -0.3 is 34.3 Å². The number of ether oxygens (including phenoxy) is 4. The minimum atomic E-state index is -4.61. The van der Waals surface area contributed by atoms with Crippen LogP contribution in [0.2, 0.25) is 0 Å². The molecule has 0 bridgehead atoms. The Bertz CT molecular complexity index is 1450. The zero-order chi connectivity index (χ0) is 44.8. The van der Waals surface area contributed by atoms with Crippen LogP contribution in [0.4, 0.5) is 0 Å². The SMILES string of the molecule is CC/C=C/C/C=C/C/C=C/C/C=C/C/C=C/CCCCCC(=O)OC[C@H](CO[C@H]1O[C@H](CS(=O)(=O)O)[C@@H](O)C(O)C1O)OC(=O)CCCCCCC/C=C/C/C=C/CCCC. The lowest BCUT2D eigenvalue weighted by atomic mass is 10.00. The van der Waals surface area contributed by atoms with E-state index in [2.05, 4.69) is 98.9 Å². The number of hydrogen-bond acceptors (Lipinski definition) is 11. The third-order valence-corrected chi connectivity index (χ3v) is 10.5. The maximum atomic E-state index is 12.8. The van der Waals surface area contributed by atoms with Crippen LogP contribution in [0.1, 0.15) is 149 Å². The van der Waals surface area contributed by atoms with E-state index < -0.39 is 71.2 Å². The Morgan fingerprint density at radius 1 is 0.574 bits per heavy atom. The molecule has 1 heterocycles. The van der Waals surface area contributed by atoms with E-state index in [0.29, 0.717) is 12.8 Å². The van der Waals surface area contributed by atoms with E-state index in [1.54, 1.807) is 0 Å². The Morgan fingerprint density at radius 2 is 1.03 bits per heavy atom. The van der Waals surface area contributed by atoms with Gasteiger partial charge in [-0.25, -0.2) is 0 Å². The molecule has 61 heavy (non-hydrogen) atoms. The predicted molar refractivity (Wildman–Crippen MR) is 242 cm³/mol. The summed E-state index contributed by atoms with van der Waals surface area (Å²) in [7, 11) is -4.61. The summed E-state index contributed by atoms with van der Waals surface area (Å²) < 4.78 is 54.0. The highest BCUT2D eigenvalue weighted by molar-refractivity contribution is 7.85. The highest BCUT2D eigenvalue weighted by atomic mass is 32.2. The smallest absolute Gasteiger partial charge is 0.306 e. The Hall–Kier alpha value is -3.17. The molecule has 0 aliphatic carbocycles. The minimum Gasteiger partial charge on any atom is -0.462 e. The molecule has 1 aliphatic heterocycles. The monoisotopic (exact) mass is 879 g/mol. The van der Waals surface area contributed by atoms with Crippen LogP contribution >= 0.6 is 0 Å². The van der Waals surface area contributed by atoms with Crippen LogP contribution in [-0.2, 0) is 38.7 Å². The maximum Gasteiger partial charge on any atom is 0.306 e. The van der Waals surface area contributed by atoms with Crippen LogP contribution in [0.25, 0.3) is 0 Å². The van der Waals surface area contributed by atoms with Crippen molar-refractivity contribution in [3.05, 3.63) is 85.1 Å². The topological polar surface area (TPSA) is 186 Å². The second-order valence-electron chi connectivity index (χ2n) is 15.3. The normalized spacial score (nSPS) is 20.8. The number of carbonyl (C=O) groups excluding carboxylic acids is 2. The van der Waals surface area contributed by atoms with Crippen molar-refractivity contribution in [1.29, 1.82) is 0 Å². The van der Waals surface area contributed by atoms with Gasteiger partial charge in [-0.3, -0.25) is 14.1 Å². The first-order chi connectivity index (χ1) is 29.5. The first-order valence-electron chi connectivity index (χ1n) is 22.6. The fourth-order valence-electron chi connectivity index (χ4n) is 6.19. The third-order valence-electron chi connectivity index (χ3n) is 9.71. The summed E-state index contributed by atoms with van der Waals surface area (Å²) in [4.78, 5) is 25.4. The molecule has 0 amide bonds. The number of carbonyl (C=O) groups is 2. The van der Waals surface area contributed by atoms with Gasteiger partial charge in [0.1, 0.15) is 36.8 Å². The molecule has 0 spiro atoms. The second kappa shape index (κ2) is 37.4. The van der Waals surface area contributed by atoms with Crippen molar-refractivity contribution in [3.8, 4) is 0 Å². The molecule has 1 aliphatic rings. The summed E-state index contributed by atoms with van der Waals surface area (Å²) in [5, 5.41) is 30.9. The number of aliphatic hydroxyl groups is 3. The fraction of sp³-hybridized carbons (Fsp3) is 0.667. The van der Waals surface area contributed by atoms with Gasteiger partial charge in [-0.1, -0.05) is 137 Å². The molecule has 0 radical (unpaired) electrons. The van der Waals surface area contributed by atoms with Gasteiger partial charge in [0, 0.05) is 12.8 Å². The van der Waals surface area contributed by atoms with Crippen LogP contribution in [0.5, 0.6) is 0 Å². The van der Waals surface area contributed by atoms with Gasteiger partial charge >= 0.3 is 11.9 Å². The average molecular weight is 879 g/mol. The van der Waals surface area contributed by atoms with E-state index in [9.17, 15) is 37.9 Å². The van der Waals surface area contributed by atoms with Crippen LogP contribution in [0.15, 0.2) is 85.1 Å². The lowest BCUT2D eigenvalue weighted by molar-refractivity contribution is -0.297. The van der Waals surface area contributed by atoms with E-state index in [1.165, 1.54) is 12.8 Å². The molecule has 1 fully saturated rings. The van der Waals surface area contributed by atoms with Gasteiger partial charge in [-0.05, 0) is 83.5 Å². The molecule has 6 atom stereocenters. The van der Waals surface area contributed by atoms with Crippen LogP contribution in [0, 0.1) is 0 Å². The summed E-state index contributed by atoms with van der Waals surface area (Å²) in [6, 6.07) is 0. The zero-order valence-corrected chi connectivity index (χ0v) is 37.8. The first kappa shape index (κ1) is 55.8. The standard InChI is InChI=1S/C48H78O12S/c1-3-5-7-9-11-13-15-17-19-20-21-22-23-25-26-28-30-32-34-36-43(49)57-38-41(39-58-48-47(53)46(52)45(51)42(60-48)40-61(54,55)56)59-44(50)37-35-33-31-29-27-24-18-16-14-12-10-8-6-4-2/h5,7,10-13,16-19,21-22,25-26,41-42,45-48,51-53H,3-4,6,8-9,14-15,20,23-24,27-40H2,1-2H3,(H,54,55,56)/b7-5+,12-10+,13-11+,18-16+,19-17+,22-21+,26-25+/t41-,42-,45-,46?,47?,48+/m1/s1. The largest absolute Gasteiger partial charge is 0.462 e. The van der Waals surface area contributed by atoms with Gasteiger partial charge in [-0.15, -0.1) is 0 Å². The second-order valence-corrected chi connectivity index (χ2v) is 16.8. The van der Waals surface area contributed by atoms with Gasteiger partial charge in [-0.2, -0.15) is 8.42 Å². The molecule has 4 N–H and O–H groups in total. The van der Waals surface area contributed by atoms with E-state index in [0.717, 1.165) is 96.3 Å². The molecule has 0 aromatic rings. The number of esters is 2. The highest BCUT2D eigenvalue weighted by Crippen LogP contribution is 2.24. The van der Waals surface area contributed by atoms with Crippen LogP contribution in [-0.4, -0.2) is 96.0 Å².